The average Bonchev–Trinajstić information content (AvgIpc) is 2.30. The summed E-state index contributed by atoms with van der Waals surface area (Å²) in [6.07, 6.45) is 0.329. The van der Waals surface area contributed by atoms with Crippen LogP contribution in [0.2, 0.25) is 0 Å². The number of Topliss-reactive ketones (excluding diaryl/α,β-unsaturated/α-hetero) is 1. The smallest absolute Gasteiger partial charge is 0.203 e. The van der Waals surface area contributed by atoms with Gasteiger partial charge in [-0.15, -0.1) is 0 Å². The molecular formula is C13H18O4. The summed E-state index contributed by atoms with van der Waals surface area (Å²) in [6.45, 7) is 3.94. The molecule has 94 valence electrons. The lowest BCUT2D eigenvalue weighted by Crippen LogP contribution is -2.04. The van der Waals surface area contributed by atoms with Crippen molar-refractivity contribution < 1.29 is 19.0 Å². The summed E-state index contributed by atoms with van der Waals surface area (Å²) in [5.74, 6) is 1.80. The predicted octanol–water partition coefficient (Wildman–Crippen LogP) is 2.23. The Bertz CT molecular complexity index is 399. The van der Waals surface area contributed by atoms with Gasteiger partial charge < -0.3 is 14.2 Å². The minimum atomic E-state index is 0.0816. The van der Waals surface area contributed by atoms with Gasteiger partial charge in [-0.05, 0) is 19.9 Å². The highest BCUT2D eigenvalue weighted by molar-refractivity contribution is 5.79. The van der Waals surface area contributed by atoms with Gasteiger partial charge in [0.15, 0.2) is 11.5 Å². The standard InChI is InChI=1S/C13H18O4/c1-5-17-12-10(8-9(2)14)6-7-11(15-3)13(12)16-4/h6-7H,5,8H2,1-4H3. The van der Waals surface area contributed by atoms with Gasteiger partial charge >= 0.3 is 0 Å². The number of carbonyl (C=O) groups is 1. The molecule has 0 aliphatic rings. The van der Waals surface area contributed by atoms with E-state index in [0.29, 0.717) is 30.3 Å². The molecule has 1 rings (SSSR count). The molecule has 0 spiro atoms. The molecule has 0 saturated heterocycles. The van der Waals surface area contributed by atoms with Gasteiger partial charge in [0.05, 0.1) is 20.8 Å². The molecule has 0 fully saturated rings. The Kier molecular flexibility index (Phi) is 4.82. The van der Waals surface area contributed by atoms with E-state index < -0.39 is 0 Å². The minimum Gasteiger partial charge on any atom is -0.493 e. The molecule has 1 aromatic rings. The number of hydrogen-bond acceptors (Lipinski definition) is 4. The number of benzene rings is 1. The Hall–Kier alpha value is -1.71. The molecule has 0 bridgehead atoms. The van der Waals surface area contributed by atoms with E-state index in [1.165, 1.54) is 0 Å². The Labute approximate surface area is 101 Å². The molecule has 0 atom stereocenters. The van der Waals surface area contributed by atoms with Crippen LogP contribution in [0.3, 0.4) is 0 Å². The summed E-state index contributed by atoms with van der Waals surface area (Å²) in [6, 6.07) is 3.60. The third kappa shape index (κ3) is 3.12. The maximum atomic E-state index is 11.2. The van der Waals surface area contributed by atoms with E-state index in [4.69, 9.17) is 14.2 Å². The second-order valence-corrected chi connectivity index (χ2v) is 3.60. The van der Waals surface area contributed by atoms with Crippen molar-refractivity contribution in [3.63, 3.8) is 0 Å². The Balaban J connectivity index is 3.25. The van der Waals surface area contributed by atoms with E-state index in [0.717, 1.165) is 5.56 Å². The van der Waals surface area contributed by atoms with Crippen LogP contribution in [-0.4, -0.2) is 26.6 Å². The molecule has 0 heterocycles. The Morgan fingerprint density at radius 2 is 1.88 bits per heavy atom. The maximum Gasteiger partial charge on any atom is 0.203 e. The highest BCUT2D eigenvalue weighted by Gasteiger charge is 2.16. The van der Waals surface area contributed by atoms with Crippen LogP contribution in [0.1, 0.15) is 19.4 Å². The van der Waals surface area contributed by atoms with Crippen molar-refractivity contribution in [1.82, 2.24) is 0 Å². The molecule has 0 unspecified atom stereocenters. The summed E-state index contributed by atoms with van der Waals surface area (Å²) in [5, 5.41) is 0. The van der Waals surface area contributed by atoms with E-state index in [2.05, 4.69) is 0 Å². The fraction of sp³-hybridized carbons (Fsp3) is 0.462. The lowest BCUT2D eigenvalue weighted by molar-refractivity contribution is -0.116. The van der Waals surface area contributed by atoms with Crippen molar-refractivity contribution in [3.05, 3.63) is 17.7 Å². The van der Waals surface area contributed by atoms with Gasteiger partial charge in [0.25, 0.3) is 0 Å². The van der Waals surface area contributed by atoms with E-state index in [1.54, 1.807) is 27.2 Å². The topological polar surface area (TPSA) is 44.8 Å². The predicted molar refractivity (Wildman–Crippen MR) is 65.1 cm³/mol. The quantitative estimate of drug-likeness (QED) is 0.762. The van der Waals surface area contributed by atoms with Crippen LogP contribution in [0.4, 0.5) is 0 Å². The number of carbonyl (C=O) groups excluding carboxylic acids is 1. The van der Waals surface area contributed by atoms with Gasteiger partial charge in [0.2, 0.25) is 5.75 Å². The summed E-state index contributed by atoms with van der Waals surface area (Å²) in [4.78, 5) is 11.2. The zero-order valence-electron chi connectivity index (χ0n) is 10.7. The minimum absolute atomic E-state index is 0.0816. The Morgan fingerprint density at radius 3 is 2.35 bits per heavy atom. The lowest BCUT2D eigenvalue weighted by Gasteiger charge is -2.16. The number of rotatable bonds is 6. The highest BCUT2D eigenvalue weighted by atomic mass is 16.5. The first kappa shape index (κ1) is 13.4. The van der Waals surface area contributed by atoms with Crippen LogP contribution in [0.5, 0.6) is 17.2 Å². The number of methoxy groups -OCH3 is 2. The molecule has 0 radical (unpaired) electrons. The monoisotopic (exact) mass is 238 g/mol. The van der Waals surface area contributed by atoms with Crippen molar-refractivity contribution in [2.45, 2.75) is 20.3 Å². The van der Waals surface area contributed by atoms with Gasteiger partial charge in [-0.2, -0.15) is 0 Å². The van der Waals surface area contributed by atoms with Gasteiger partial charge in [0.1, 0.15) is 5.78 Å². The fourth-order valence-electron chi connectivity index (χ4n) is 1.65. The van der Waals surface area contributed by atoms with Crippen molar-refractivity contribution in [2.75, 3.05) is 20.8 Å². The highest BCUT2D eigenvalue weighted by Crippen LogP contribution is 2.40. The van der Waals surface area contributed by atoms with Crippen molar-refractivity contribution in [1.29, 1.82) is 0 Å². The molecule has 0 aliphatic carbocycles. The fourth-order valence-corrected chi connectivity index (χ4v) is 1.65. The van der Waals surface area contributed by atoms with Gasteiger partial charge in [-0.25, -0.2) is 0 Å². The summed E-state index contributed by atoms with van der Waals surface area (Å²) < 4.78 is 16.0. The summed E-state index contributed by atoms with van der Waals surface area (Å²) in [7, 11) is 3.12. The summed E-state index contributed by atoms with van der Waals surface area (Å²) in [5.41, 5.74) is 0.817. The van der Waals surface area contributed by atoms with Crippen molar-refractivity contribution in [3.8, 4) is 17.2 Å². The normalized spacial score (nSPS) is 9.88. The maximum absolute atomic E-state index is 11.2. The van der Waals surface area contributed by atoms with Crippen LogP contribution in [0, 0.1) is 0 Å². The van der Waals surface area contributed by atoms with Gasteiger partial charge in [-0.3, -0.25) is 4.79 Å². The second-order valence-electron chi connectivity index (χ2n) is 3.60. The first-order chi connectivity index (χ1) is 8.13. The molecule has 0 N–H and O–H groups in total. The third-order valence-corrected chi connectivity index (χ3v) is 2.31. The molecular weight excluding hydrogens is 220 g/mol. The molecule has 4 nitrogen and oxygen atoms in total. The van der Waals surface area contributed by atoms with E-state index in [9.17, 15) is 4.79 Å². The lowest BCUT2D eigenvalue weighted by atomic mass is 10.1. The van der Waals surface area contributed by atoms with Crippen LogP contribution in [0.25, 0.3) is 0 Å². The van der Waals surface area contributed by atoms with E-state index >= 15 is 0 Å². The molecule has 0 aromatic heterocycles. The molecule has 4 heteroatoms. The number of hydrogen-bond donors (Lipinski definition) is 0. The molecule has 0 amide bonds. The van der Waals surface area contributed by atoms with E-state index in [-0.39, 0.29) is 5.78 Å². The van der Waals surface area contributed by atoms with E-state index in [1.807, 2.05) is 13.0 Å². The molecule has 1 aromatic carbocycles. The zero-order valence-corrected chi connectivity index (χ0v) is 10.7. The number of ether oxygens (including phenoxy) is 3. The molecule has 0 saturated carbocycles. The Morgan fingerprint density at radius 1 is 1.18 bits per heavy atom. The first-order valence-electron chi connectivity index (χ1n) is 5.50. The zero-order chi connectivity index (χ0) is 12.8. The third-order valence-electron chi connectivity index (χ3n) is 2.31. The van der Waals surface area contributed by atoms with Gasteiger partial charge in [0, 0.05) is 12.0 Å². The van der Waals surface area contributed by atoms with Gasteiger partial charge in [-0.1, -0.05) is 6.07 Å². The van der Waals surface area contributed by atoms with Crippen LogP contribution >= 0.6 is 0 Å². The summed E-state index contributed by atoms with van der Waals surface area (Å²) >= 11 is 0. The second kappa shape index (κ2) is 6.13. The molecule has 0 aliphatic heterocycles. The number of ketones is 1. The molecule has 17 heavy (non-hydrogen) atoms. The van der Waals surface area contributed by atoms with Crippen molar-refractivity contribution in [2.24, 2.45) is 0 Å². The first-order valence-corrected chi connectivity index (χ1v) is 5.50. The van der Waals surface area contributed by atoms with Crippen LogP contribution in [0.15, 0.2) is 12.1 Å². The van der Waals surface area contributed by atoms with Crippen LogP contribution in [-0.2, 0) is 11.2 Å². The SMILES string of the molecule is CCOc1c(CC(C)=O)ccc(OC)c1OC. The van der Waals surface area contributed by atoms with Crippen molar-refractivity contribution >= 4 is 5.78 Å². The average molecular weight is 238 g/mol. The van der Waals surface area contributed by atoms with Crippen LogP contribution < -0.4 is 14.2 Å². The largest absolute Gasteiger partial charge is 0.493 e.